The number of sulfonamides is 1. The maximum absolute atomic E-state index is 12.6. The molecule has 0 saturated heterocycles. The number of aryl methyl sites for hydroxylation is 2. The van der Waals surface area contributed by atoms with Gasteiger partial charge in [-0.25, -0.2) is 8.42 Å². The number of nitrogens with zero attached hydrogens (tertiary/aromatic N) is 1. The van der Waals surface area contributed by atoms with Crippen LogP contribution in [0.25, 0.3) is 0 Å². The molecule has 2 aromatic rings. The molecule has 0 fully saturated rings. The molecule has 3 rings (SSSR count). The Hall–Kier alpha value is -2.18. The smallest absolute Gasteiger partial charge is 0.225 e. The molecule has 0 atom stereocenters. The SMILES string of the molecule is Cc1cc(C)cc(NC(=O)CCS(=O)(=O)N2CCc3ccccc3C2)c1. The zero-order valence-corrected chi connectivity index (χ0v) is 16.0. The molecule has 6 heteroatoms. The van der Waals surface area contributed by atoms with Crippen LogP contribution >= 0.6 is 0 Å². The summed E-state index contributed by atoms with van der Waals surface area (Å²) in [5.74, 6) is -0.456. The Labute approximate surface area is 155 Å². The van der Waals surface area contributed by atoms with E-state index in [2.05, 4.69) is 5.32 Å². The summed E-state index contributed by atoms with van der Waals surface area (Å²) in [4.78, 5) is 12.2. The molecule has 0 aromatic heterocycles. The summed E-state index contributed by atoms with van der Waals surface area (Å²) in [5, 5.41) is 2.79. The number of hydrogen-bond acceptors (Lipinski definition) is 3. The fourth-order valence-electron chi connectivity index (χ4n) is 3.33. The predicted octanol–water partition coefficient (Wildman–Crippen LogP) is 3.02. The average Bonchev–Trinajstić information content (AvgIpc) is 2.59. The van der Waals surface area contributed by atoms with Gasteiger partial charge in [-0.15, -0.1) is 0 Å². The van der Waals surface area contributed by atoms with E-state index in [0.717, 1.165) is 16.7 Å². The number of carbonyl (C=O) groups is 1. The molecule has 0 unspecified atom stereocenters. The van der Waals surface area contributed by atoms with Crippen molar-refractivity contribution in [3.05, 3.63) is 64.7 Å². The second kappa shape index (κ2) is 7.60. The van der Waals surface area contributed by atoms with Crippen LogP contribution in [-0.4, -0.2) is 30.9 Å². The molecule has 1 N–H and O–H groups in total. The van der Waals surface area contributed by atoms with Crippen LogP contribution in [-0.2, 0) is 27.8 Å². The van der Waals surface area contributed by atoms with Crippen molar-refractivity contribution in [3.8, 4) is 0 Å². The number of fused-ring (bicyclic) bond motifs is 1. The number of benzene rings is 2. The van der Waals surface area contributed by atoms with Crippen LogP contribution in [0.3, 0.4) is 0 Å². The van der Waals surface area contributed by atoms with Crippen LogP contribution in [0.5, 0.6) is 0 Å². The van der Waals surface area contributed by atoms with Crippen LogP contribution in [0.4, 0.5) is 5.69 Å². The van der Waals surface area contributed by atoms with Crippen LogP contribution in [0.1, 0.15) is 28.7 Å². The zero-order valence-electron chi connectivity index (χ0n) is 15.2. The minimum absolute atomic E-state index is 0.0481. The average molecular weight is 372 g/mol. The van der Waals surface area contributed by atoms with Gasteiger partial charge < -0.3 is 5.32 Å². The van der Waals surface area contributed by atoms with Gasteiger partial charge in [0, 0.05) is 25.2 Å². The topological polar surface area (TPSA) is 66.5 Å². The van der Waals surface area contributed by atoms with E-state index in [1.54, 1.807) is 0 Å². The van der Waals surface area contributed by atoms with Gasteiger partial charge >= 0.3 is 0 Å². The lowest BCUT2D eigenvalue weighted by Gasteiger charge is -2.28. The Morgan fingerprint density at radius 1 is 1.08 bits per heavy atom. The first-order valence-electron chi connectivity index (χ1n) is 8.76. The van der Waals surface area contributed by atoms with E-state index < -0.39 is 10.0 Å². The summed E-state index contributed by atoms with van der Waals surface area (Å²) in [7, 11) is -3.46. The third-order valence-corrected chi connectivity index (χ3v) is 6.40. The molecular weight excluding hydrogens is 348 g/mol. The second-order valence-corrected chi connectivity index (χ2v) is 8.93. The van der Waals surface area contributed by atoms with E-state index in [0.29, 0.717) is 25.2 Å². The first-order chi connectivity index (χ1) is 12.3. The third-order valence-electron chi connectivity index (χ3n) is 4.58. The summed E-state index contributed by atoms with van der Waals surface area (Å²) in [6.45, 7) is 4.78. The number of rotatable bonds is 5. The van der Waals surface area contributed by atoms with Gasteiger partial charge in [-0.05, 0) is 54.7 Å². The molecule has 1 amide bonds. The van der Waals surface area contributed by atoms with Gasteiger partial charge in [-0.2, -0.15) is 4.31 Å². The fraction of sp³-hybridized carbons (Fsp3) is 0.350. The van der Waals surface area contributed by atoms with Gasteiger partial charge in [0.2, 0.25) is 15.9 Å². The monoisotopic (exact) mass is 372 g/mol. The van der Waals surface area contributed by atoms with Crippen molar-refractivity contribution >= 4 is 21.6 Å². The Balaban J connectivity index is 1.59. The molecule has 1 heterocycles. The van der Waals surface area contributed by atoms with Crippen molar-refractivity contribution in [2.75, 3.05) is 17.6 Å². The van der Waals surface area contributed by atoms with Gasteiger partial charge in [-0.1, -0.05) is 30.3 Å². The standard InChI is InChI=1S/C20H24N2O3S/c1-15-11-16(2)13-19(12-15)21-20(23)8-10-26(24,25)22-9-7-17-5-3-4-6-18(17)14-22/h3-6,11-13H,7-10,14H2,1-2H3,(H,21,23). The Kier molecular flexibility index (Phi) is 5.44. The van der Waals surface area contributed by atoms with Gasteiger partial charge in [0.1, 0.15) is 0 Å². The highest BCUT2D eigenvalue weighted by atomic mass is 32.2. The Morgan fingerprint density at radius 2 is 1.73 bits per heavy atom. The van der Waals surface area contributed by atoms with Crippen LogP contribution < -0.4 is 5.32 Å². The quantitative estimate of drug-likeness (QED) is 0.877. The second-order valence-electron chi connectivity index (χ2n) is 6.84. The number of amides is 1. The molecular formula is C20H24N2O3S. The highest BCUT2D eigenvalue weighted by Crippen LogP contribution is 2.21. The number of carbonyl (C=O) groups excluding carboxylic acids is 1. The Bertz CT molecular complexity index is 902. The van der Waals surface area contributed by atoms with Crippen LogP contribution in [0.2, 0.25) is 0 Å². The molecule has 0 spiro atoms. The Morgan fingerprint density at radius 3 is 2.42 bits per heavy atom. The van der Waals surface area contributed by atoms with E-state index in [9.17, 15) is 13.2 Å². The van der Waals surface area contributed by atoms with Crippen molar-refractivity contribution < 1.29 is 13.2 Å². The molecule has 5 nitrogen and oxygen atoms in total. The fourth-order valence-corrected chi connectivity index (χ4v) is 4.74. The summed E-state index contributed by atoms with van der Waals surface area (Å²) in [6, 6.07) is 13.7. The van der Waals surface area contributed by atoms with E-state index >= 15 is 0 Å². The number of anilines is 1. The highest BCUT2D eigenvalue weighted by molar-refractivity contribution is 7.89. The highest BCUT2D eigenvalue weighted by Gasteiger charge is 2.26. The lowest BCUT2D eigenvalue weighted by Crippen LogP contribution is -2.38. The summed E-state index contributed by atoms with van der Waals surface area (Å²) in [5.41, 5.74) is 5.06. The summed E-state index contributed by atoms with van der Waals surface area (Å²) in [6.07, 6.45) is 0.664. The van der Waals surface area contributed by atoms with Gasteiger partial charge in [0.05, 0.1) is 5.75 Å². The van der Waals surface area contributed by atoms with Crippen LogP contribution in [0, 0.1) is 13.8 Å². The molecule has 138 valence electrons. The van der Waals surface area contributed by atoms with E-state index in [-0.39, 0.29) is 18.1 Å². The van der Waals surface area contributed by atoms with E-state index in [4.69, 9.17) is 0 Å². The first-order valence-corrected chi connectivity index (χ1v) is 10.4. The molecule has 2 aromatic carbocycles. The summed E-state index contributed by atoms with van der Waals surface area (Å²) >= 11 is 0. The molecule has 0 aliphatic carbocycles. The molecule has 0 radical (unpaired) electrons. The van der Waals surface area contributed by atoms with Gasteiger partial charge in [0.25, 0.3) is 0 Å². The molecule has 26 heavy (non-hydrogen) atoms. The third kappa shape index (κ3) is 4.51. The molecule has 1 aliphatic rings. The molecule has 1 aliphatic heterocycles. The maximum Gasteiger partial charge on any atom is 0.225 e. The minimum Gasteiger partial charge on any atom is -0.326 e. The van der Waals surface area contributed by atoms with E-state index in [1.807, 2.05) is 56.3 Å². The first kappa shape index (κ1) is 18.6. The minimum atomic E-state index is -3.46. The summed E-state index contributed by atoms with van der Waals surface area (Å²) < 4.78 is 26.7. The zero-order chi connectivity index (χ0) is 18.7. The van der Waals surface area contributed by atoms with Crippen molar-refractivity contribution in [1.82, 2.24) is 4.31 Å². The molecule has 0 saturated carbocycles. The number of nitrogens with one attached hydrogen (secondary N) is 1. The number of hydrogen-bond donors (Lipinski definition) is 1. The largest absolute Gasteiger partial charge is 0.326 e. The predicted molar refractivity (Wildman–Crippen MR) is 104 cm³/mol. The van der Waals surface area contributed by atoms with E-state index in [1.165, 1.54) is 9.87 Å². The lowest BCUT2D eigenvalue weighted by molar-refractivity contribution is -0.115. The van der Waals surface area contributed by atoms with Crippen molar-refractivity contribution in [2.24, 2.45) is 0 Å². The van der Waals surface area contributed by atoms with Gasteiger partial charge in [-0.3, -0.25) is 4.79 Å². The maximum atomic E-state index is 12.6. The van der Waals surface area contributed by atoms with Crippen molar-refractivity contribution in [2.45, 2.75) is 33.2 Å². The molecule has 0 bridgehead atoms. The van der Waals surface area contributed by atoms with Crippen LogP contribution in [0.15, 0.2) is 42.5 Å². The van der Waals surface area contributed by atoms with Crippen molar-refractivity contribution in [3.63, 3.8) is 0 Å². The van der Waals surface area contributed by atoms with Gasteiger partial charge in [0.15, 0.2) is 0 Å². The normalized spacial score (nSPS) is 14.7. The lowest BCUT2D eigenvalue weighted by atomic mass is 10.0. The van der Waals surface area contributed by atoms with Crippen molar-refractivity contribution in [1.29, 1.82) is 0 Å².